The van der Waals surface area contributed by atoms with Crippen molar-refractivity contribution in [3.63, 3.8) is 0 Å². The molecule has 5 heteroatoms. The minimum absolute atomic E-state index is 0.350. The second kappa shape index (κ2) is 6.15. The molecule has 0 unspecified atom stereocenters. The normalized spacial score (nSPS) is 10.3. The lowest BCUT2D eigenvalue weighted by atomic mass is 10.2. The number of benzene rings is 1. The number of rotatable bonds is 5. The highest BCUT2D eigenvalue weighted by Gasteiger charge is 2.05. The van der Waals surface area contributed by atoms with Crippen LogP contribution in [0.5, 0.6) is 17.5 Å². The van der Waals surface area contributed by atoms with Crippen molar-refractivity contribution in [1.82, 2.24) is 15.3 Å². The third-order valence-electron chi connectivity index (χ3n) is 2.69. The first-order valence-electron chi connectivity index (χ1n) is 6.02. The molecule has 1 aromatic carbocycles. The standard InChI is InChI=1S/C14H17N3O2/c1-10-11(8-15-2)9-16-14(17-10)19-13-6-4-12(18-3)5-7-13/h4-7,9,15H,8H2,1-3H3. The lowest BCUT2D eigenvalue weighted by Crippen LogP contribution is -2.08. The van der Waals surface area contributed by atoms with Gasteiger partial charge in [0.2, 0.25) is 0 Å². The number of ether oxygens (including phenoxy) is 2. The van der Waals surface area contributed by atoms with Gasteiger partial charge in [0.1, 0.15) is 11.5 Å². The minimum atomic E-state index is 0.350. The number of aromatic nitrogens is 2. The summed E-state index contributed by atoms with van der Waals surface area (Å²) in [5.41, 5.74) is 1.97. The summed E-state index contributed by atoms with van der Waals surface area (Å²) in [7, 11) is 3.52. The fraction of sp³-hybridized carbons (Fsp3) is 0.286. The van der Waals surface area contributed by atoms with Gasteiger partial charge in [0.05, 0.1) is 7.11 Å². The molecule has 0 atom stereocenters. The molecule has 0 aliphatic rings. The van der Waals surface area contributed by atoms with Crippen molar-refractivity contribution in [3.8, 4) is 17.5 Å². The second-order valence-electron chi connectivity index (χ2n) is 4.07. The van der Waals surface area contributed by atoms with Crippen molar-refractivity contribution in [3.05, 3.63) is 41.7 Å². The lowest BCUT2D eigenvalue weighted by molar-refractivity contribution is 0.410. The molecule has 0 fully saturated rings. The van der Waals surface area contributed by atoms with Gasteiger partial charge in [0, 0.05) is 24.0 Å². The molecular weight excluding hydrogens is 242 g/mol. The van der Waals surface area contributed by atoms with Crippen molar-refractivity contribution in [2.75, 3.05) is 14.2 Å². The van der Waals surface area contributed by atoms with E-state index < -0.39 is 0 Å². The van der Waals surface area contributed by atoms with Crippen molar-refractivity contribution >= 4 is 0 Å². The molecule has 19 heavy (non-hydrogen) atoms. The average molecular weight is 259 g/mol. The van der Waals surface area contributed by atoms with E-state index in [1.165, 1.54) is 0 Å². The summed E-state index contributed by atoms with van der Waals surface area (Å²) >= 11 is 0. The smallest absolute Gasteiger partial charge is 0.322 e. The van der Waals surface area contributed by atoms with E-state index in [-0.39, 0.29) is 0 Å². The van der Waals surface area contributed by atoms with Gasteiger partial charge in [-0.25, -0.2) is 4.98 Å². The van der Waals surface area contributed by atoms with Gasteiger partial charge < -0.3 is 14.8 Å². The molecule has 1 heterocycles. The van der Waals surface area contributed by atoms with Gasteiger partial charge in [-0.2, -0.15) is 4.98 Å². The van der Waals surface area contributed by atoms with E-state index in [2.05, 4.69) is 15.3 Å². The van der Waals surface area contributed by atoms with Crippen molar-refractivity contribution in [2.24, 2.45) is 0 Å². The molecule has 0 bridgehead atoms. The number of methoxy groups -OCH3 is 1. The highest BCUT2D eigenvalue weighted by Crippen LogP contribution is 2.21. The maximum Gasteiger partial charge on any atom is 0.322 e. The number of hydrogen-bond donors (Lipinski definition) is 1. The molecule has 0 spiro atoms. The Morgan fingerprint density at radius 1 is 1.16 bits per heavy atom. The summed E-state index contributed by atoms with van der Waals surface area (Å²) in [4.78, 5) is 8.52. The lowest BCUT2D eigenvalue weighted by Gasteiger charge is -2.08. The Balaban J connectivity index is 2.11. The maximum absolute atomic E-state index is 5.59. The predicted octanol–water partition coefficient (Wildman–Crippen LogP) is 2.31. The van der Waals surface area contributed by atoms with E-state index in [1.807, 2.05) is 38.2 Å². The Kier molecular flexibility index (Phi) is 4.30. The Morgan fingerprint density at radius 2 is 1.84 bits per heavy atom. The minimum Gasteiger partial charge on any atom is -0.497 e. The van der Waals surface area contributed by atoms with Crippen LogP contribution in [0.15, 0.2) is 30.5 Å². The molecule has 0 radical (unpaired) electrons. The molecule has 2 rings (SSSR count). The Bertz CT molecular complexity index is 541. The van der Waals surface area contributed by atoms with Crippen molar-refractivity contribution in [1.29, 1.82) is 0 Å². The Hall–Kier alpha value is -2.14. The molecule has 0 aliphatic carbocycles. The van der Waals surface area contributed by atoms with Crippen LogP contribution in [-0.4, -0.2) is 24.1 Å². The van der Waals surface area contributed by atoms with Crippen LogP contribution in [0.2, 0.25) is 0 Å². The first kappa shape index (κ1) is 13.3. The van der Waals surface area contributed by atoms with E-state index in [0.717, 1.165) is 23.6 Å². The van der Waals surface area contributed by atoms with Gasteiger partial charge in [-0.15, -0.1) is 0 Å². The second-order valence-corrected chi connectivity index (χ2v) is 4.07. The van der Waals surface area contributed by atoms with Crippen molar-refractivity contribution in [2.45, 2.75) is 13.5 Å². The first-order chi connectivity index (χ1) is 9.22. The fourth-order valence-electron chi connectivity index (χ4n) is 1.63. The van der Waals surface area contributed by atoms with Gasteiger partial charge in [-0.05, 0) is 38.2 Å². The first-order valence-corrected chi connectivity index (χ1v) is 6.02. The Morgan fingerprint density at radius 3 is 2.42 bits per heavy atom. The highest BCUT2D eigenvalue weighted by molar-refractivity contribution is 5.32. The monoisotopic (exact) mass is 259 g/mol. The third-order valence-corrected chi connectivity index (χ3v) is 2.69. The van der Waals surface area contributed by atoms with Crippen LogP contribution in [0.1, 0.15) is 11.3 Å². The summed E-state index contributed by atoms with van der Waals surface area (Å²) in [6.45, 7) is 2.68. The molecule has 2 aromatic rings. The van der Waals surface area contributed by atoms with Crippen LogP contribution in [0.25, 0.3) is 0 Å². The summed E-state index contributed by atoms with van der Waals surface area (Å²) < 4.78 is 10.7. The molecule has 0 saturated carbocycles. The zero-order valence-electron chi connectivity index (χ0n) is 11.3. The van der Waals surface area contributed by atoms with Crippen LogP contribution < -0.4 is 14.8 Å². The topological polar surface area (TPSA) is 56.3 Å². The number of nitrogens with one attached hydrogen (secondary N) is 1. The molecular formula is C14H17N3O2. The van der Waals surface area contributed by atoms with Gasteiger partial charge >= 0.3 is 6.01 Å². The zero-order chi connectivity index (χ0) is 13.7. The highest BCUT2D eigenvalue weighted by atomic mass is 16.5. The number of hydrogen-bond acceptors (Lipinski definition) is 5. The largest absolute Gasteiger partial charge is 0.497 e. The van der Waals surface area contributed by atoms with Crippen LogP contribution in [0.4, 0.5) is 0 Å². The summed E-state index contributed by atoms with van der Waals surface area (Å²) in [5, 5.41) is 3.07. The summed E-state index contributed by atoms with van der Waals surface area (Å²) in [5.74, 6) is 1.47. The summed E-state index contributed by atoms with van der Waals surface area (Å²) in [6.07, 6.45) is 1.78. The fourth-order valence-corrected chi connectivity index (χ4v) is 1.63. The van der Waals surface area contributed by atoms with Gasteiger partial charge in [-0.1, -0.05) is 0 Å². The van der Waals surface area contributed by atoms with E-state index >= 15 is 0 Å². The van der Waals surface area contributed by atoms with Gasteiger partial charge in [0.15, 0.2) is 0 Å². The number of nitrogens with zero attached hydrogens (tertiary/aromatic N) is 2. The third kappa shape index (κ3) is 3.42. The Labute approximate surface area is 112 Å². The zero-order valence-corrected chi connectivity index (χ0v) is 11.3. The summed E-state index contributed by atoms with van der Waals surface area (Å²) in [6, 6.07) is 7.65. The van der Waals surface area contributed by atoms with Gasteiger partial charge in [-0.3, -0.25) is 0 Å². The van der Waals surface area contributed by atoms with E-state index in [0.29, 0.717) is 11.8 Å². The number of aryl methyl sites for hydroxylation is 1. The van der Waals surface area contributed by atoms with Crippen LogP contribution in [0.3, 0.4) is 0 Å². The van der Waals surface area contributed by atoms with Gasteiger partial charge in [0.25, 0.3) is 0 Å². The molecule has 5 nitrogen and oxygen atoms in total. The van der Waals surface area contributed by atoms with Crippen LogP contribution >= 0.6 is 0 Å². The van der Waals surface area contributed by atoms with Crippen molar-refractivity contribution < 1.29 is 9.47 Å². The maximum atomic E-state index is 5.59. The quantitative estimate of drug-likeness (QED) is 0.893. The molecule has 1 aromatic heterocycles. The predicted molar refractivity (Wildman–Crippen MR) is 72.6 cm³/mol. The van der Waals surface area contributed by atoms with E-state index in [4.69, 9.17) is 9.47 Å². The van der Waals surface area contributed by atoms with Crippen LogP contribution in [-0.2, 0) is 6.54 Å². The molecule has 0 saturated heterocycles. The van der Waals surface area contributed by atoms with E-state index in [9.17, 15) is 0 Å². The molecule has 0 aliphatic heterocycles. The molecule has 1 N–H and O–H groups in total. The molecule has 100 valence electrons. The van der Waals surface area contributed by atoms with Crippen LogP contribution in [0, 0.1) is 6.92 Å². The average Bonchev–Trinajstić information content (AvgIpc) is 2.43. The van der Waals surface area contributed by atoms with E-state index in [1.54, 1.807) is 13.3 Å². The SMILES string of the molecule is CNCc1cnc(Oc2ccc(OC)cc2)nc1C. The molecule has 0 amide bonds.